The van der Waals surface area contributed by atoms with Crippen LogP contribution < -0.4 is 0 Å². The molecule has 1 heterocycles. The molecule has 1 unspecified atom stereocenters. The fraction of sp³-hybridized carbons (Fsp3) is 0.500. The fourth-order valence-corrected chi connectivity index (χ4v) is 3.74. The summed E-state index contributed by atoms with van der Waals surface area (Å²) in [5, 5.41) is 0. The molecule has 0 aromatic carbocycles. The molecule has 6 heteroatoms. The molecule has 2 aliphatic carbocycles. The summed E-state index contributed by atoms with van der Waals surface area (Å²) in [4.78, 5) is 49.4. The van der Waals surface area contributed by atoms with Crippen LogP contribution in [0.2, 0.25) is 0 Å². The number of esters is 1. The SMILES string of the molecule is COC(=O)C1(CC2CC3=C(C2)C(=O)N(C)C3=O)CC=CC1=O. The summed E-state index contributed by atoms with van der Waals surface area (Å²) in [6, 6.07) is 0. The number of rotatable bonds is 3. The molecule has 3 rings (SSSR count). The normalized spacial score (nSPS) is 28.1. The summed E-state index contributed by atoms with van der Waals surface area (Å²) in [7, 11) is 2.74. The summed E-state index contributed by atoms with van der Waals surface area (Å²) in [6.07, 6.45) is 4.60. The Bertz CT molecular complexity index is 631. The highest BCUT2D eigenvalue weighted by molar-refractivity contribution is 6.19. The highest BCUT2D eigenvalue weighted by Gasteiger charge is 2.51. The van der Waals surface area contributed by atoms with Gasteiger partial charge in [0.25, 0.3) is 11.8 Å². The molecule has 0 saturated carbocycles. The second-order valence-electron chi connectivity index (χ2n) is 6.15. The Morgan fingerprint density at radius 1 is 1.27 bits per heavy atom. The van der Waals surface area contributed by atoms with E-state index in [1.807, 2.05) is 0 Å². The lowest BCUT2D eigenvalue weighted by Gasteiger charge is -2.28. The lowest BCUT2D eigenvalue weighted by molar-refractivity contribution is -0.157. The summed E-state index contributed by atoms with van der Waals surface area (Å²) < 4.78 is 4.82. The molecule has 0 radical (unpaired) electrons. The minimum atomic E-state index is -1.18. The van der Waals surface area contributed by atoms with Gasteiger partial charge in [-0.2, -0.15) is 0 Å². The fourth-order valence-electron chi connectivity index (χ4n) is 3.74. The lowest BCUT2D eigenvalue weighted by atomic mass is 9.75. The number of ketones is 1. The Kier molecular flexibility index (Phi) is 3.27. The third-order valence-corrected chi connectivity index (χ3v) is 4.90. The topological polar surface area (TPSA) is 80.8 Å². The van der Waals surface area contributed by atoms with Gasteiger partial charge in [0.15, 0.2) is 5.78 Å². The van der Waals surface area contributed by atoms with Crippen molar-refractivity contribution < 1.29 is 23.9 Å². The Balaban J connectivity index is 1.79. The van der Waals surface area contributed by atoms with Gasteiger partial charge in [-0.1, -0.05) is 6.08 Å². The number of imide groups is 1. The maximum absolute atomic E-state index is 12.2. The van der Waals surface area contributed by atoms with Crippen LogP contribution in [0.25, 0.3) is 0 Å². The molecule has 6 nitrogen and oxygen atoms in total. The zero-order valence-electron chi connectivity index (χ0n) is 12.5. The molecule has 0 N–H and O–H groups in total. The first-order valence-corrected chi connectivity index (χ1v) is 7.24. The van der Waals surface area contributed by atoms with Gasteiger partial charge in [0.2, 0.25) is 0 Å². The van der Waals surface area contributed by atoms with Crippen molar-refractivity contribution >= 4 is 23.6 Å². The minimum Gasteiger partial charge on any atom is -0.468 e. The van der Waals surface area contributed by atoms with Gasteiger partial charge in [0, 0.05) is 18.2 Å². The van der Waals surface area contributed by atoms with E-state index in [-0.39, 0.29) is 23.5 Å². The van der Waals surface area contributed by atoms with Crippen molar-refractivity contribution in [3.05, 3.63) is 23.3 Å². The highest BCUT2D eigenvalue weighted by atomic mass is 16.5. The van der Waals surface area contributed by atoms with E-state index in [0.29, 0.717) is 36.8 Å². The monoisotopic (exact) mass is 303 g/mol. The molecule has 0 aromatic heterocycles. The van der Waals surface area contributed by atoms with Crippen molar-refractivity contribution in [2.75, 3.05) is 14.2 Å². The van der Waals surface area contributed by atoms with Gasteiger partial charge in [-0.05, 0) is 37.7 Å². The van der Waals surface area contributed by atoms with Crippen LogP contribution >= 0.6 is 0 Å². The van der Waals surface area contributed by atoms with Crippen molar-refractivity contribution in [1.82, 2.24) is 4.90 Å². The molecule has 0 fully saturated rings. The first-order valence-electron chi connectivity index (χ1n) is 7.24. The molecule has 2 amide bonds. The van der Waals surface area contributed by atoms with E-state index in [2.05, 4.69) is 0 Å². The van der Waals surface area contributed by atoms with Gasteiger partial charge >= 0.3 is 5.97 Å². The second kappa shape index (κ2) is 4.90. The van der Waals surface area contributed by atoms with Gasteiger partial charge in [-0.25, -0.2) is 0 Å². The maximum atomic E-state index is 12.2. The van der Waals surface area contributed by atoms with Crippen molar-refractivity contribution in [2.45, 2.75) is 25.7 Å². The standard InChI is InChI=1S/C16H17NO5/c1-17-13(19)10-6-9(7-11(10)14(17)20)8-16(15(21)22-2)5-3-4-12(16)18/h3-4,9H,5-8H2,1-2H3. The third kappa shape index (κ3) is 1.86. The molecule has 0 bridgehead atoms. The van der Waals surface area contributed by atoms with Crippen LogP contribution in [0.5, 0.6) is 0 Å². The number of ether oxygens (including phenoxy) is 1. The molecule has 1 aliphatic heterocycles. The largest absolute Gasteiger partial charge is 0.468 e. The van der Waals surface area contributed by atoms with Crippen molar-refractivity contribution in [3.8, 4) is 0 Å². The number of carbonyl (C=O) groups is 4. The van der Waals surface area contributed by atoms with E-state index in [0.717, 1.165) is 4.90 Å². The number of likely N-dealkylation sites (N-methyl/N-ethyl adjacent to an activating group) is 1. The Morgan fingerprint density at radius 2 is 1.86 bits per heavy atom. The van der Waals surface area contributed by atoms with Gasteiger partial charge in [-0.3, -0.25) is 24.1 Å². The van der Waals surface area contributed by atoms with Gasteiger partial charge < -0.3 is 4.74 Å². The number of carbonyl (C=O) groups excluding carboxylic acids is 4. The molecule has 0 spiro atoms. The number of amides is 2. The minimum absolute atomic E-state index is 0.0606. The molecular weight excluding hydrogens is 286 g/mol. The average molecular weight is 303 g/mol. The van der Waals surface area contributed by atoms with Crippen LogP contribution in [0.3, 0.4) is 0 Å². The zero-order valence-corrected chi connectivity index (χ0v) is 12.5. The van der Waals surface area contributed by atoms with E-state index in [1.165, 1.54) is 20.2 Å². The quantitative estimate of drug-likeness (QED) is 0.437. The van der Waals surface area contributed by atoms with Gasteiger partial charge in [0.05, 0.1) is 7.11 Å². The lowest BCUT2D eigenvalue weighted by Crippen LogP contribution is -2.39. The van der Waals surface area contributed by atoms with Crippen LogP contribution in [0.4, 0.5) is 0 Å². The van der Waals surface area contributed by atoms with E-state index in [1.54, 1.807) is 6.08 Å². The zero-order chi connectivity index (χ0) is 16.1. The molecule has 1 atom stereocenters. The van der Waals surface area contributed by atoms with Crippen LogP contribution in [0.1, 0.15) is 25.7 Å². The van der Waals surface area contributed by atoms with Gasteiger partial charge in [0.1, 0.15) is 5.41 Å². The van der Waals surface area contributed by atoms with Crippen LogP contribution in [-0.4, -0.2) is 42.6 Å². The molecule has 116 valence electrons. The van der Waals surface area contributed by atoms with E-state index < -0.39 is 11.4 Å². The van der Waals surface area contributed by atoms with Gasteiger partial charge in [-0.15, -0.1) is 0 Å². The molecule has 22 heavy (non-hydrogen) atoms. The van der Waals surface area contributed by atoms with E-state index in [9.17, 15) is 19.2 Å². The number of methoxy groups -OCH3 is 1. The van der Waals surface area contributed by atoms with Crippen molar-refractivity contribution in [2.24, 2.45) is 11.3 Å². The first kappa shape index (κ1) is 14.7. The second-order valence-corrected chi connectivity index (χ2v) is 6.15. The van der Waals surface area contributed by atoms with Crippen LogP contribution in [0.15, 0.2) is 23.3 Å². The van der Waals surface area contributed by atoms with Crippen molar-refractivity contribution in [1.29, 1.82) is 0 Å². The Labute approximate surface area is 127 Å². The van der Waals surface area contributed by atoms with E-state index in [4.69, 9.17) is 4.74 Å². The predicted molar refractivity (Wildman–Crippen MR) is 75.4 cm³/mol. The summed E-state index contributed by atoms with van der Waals surface area (Å²) in [5.41, 5.74) is -0.108. The number of allylic oxidation sites excluding steroid dienone is 2. The Hall–Kier alpha value is -2.24. The number of nitrogens with zero attached hydrogens (tertiary/aromatic N) is 1. The molecule has 0 aromatic rings. The summed E-state index contributed by atoms with van der Waals surface area (Å²) in [6.45, 7) is 0. The Morgan fingerprint density at radius 3 is 2.32 bits per heavy atom. The summed E-state index contributed by atoms with van der Waals surface area (Å²) in [5.74, 6) is -1.36. The van der Waals surface area contributed by atoms with Crippen LogP contribution in [-0.2, 0) is 23.9 Å². The molecular formula is C16H17NO5. The average Bonchev–Trinajstić information content (AvgIpc) is 3.14. The third-order valence-electron chi connectivity index (χ3n) is 4.90. The number of hydrogen-bond acceptors (Lipinski definition) is 5. The summed E-state index contributed by atoms with van der Waals surface area (Å²) >= 11 is 0. The first-order chi connectivity index (χ1) is 10.4. The molecule has 0 saturated heterocycles. The predicted octanol–water partition coefficient (Wildman–Crippen LogP) is 0.770. The number of likely N-dealkylation sites (tertiary alicyclic amines) is 1. The van der Waals surface area contributed by atoms with Crippen molar-refractivity contribution in [3.63, 3.8) is 0 Å². The molecule has 3 aliphatic rings. The van der Waals surface area contributed by atoms with E-state index >= 15 is 0 Å². The highest BCUT2D eigenvalue weighted by Crippen LogP contribution is 2.46. The van der Waals surface area contributed by atoms with Crippen LogP contribution in [0, 0.1) is 11.3 Å². The maximum Gasteiger partial charge on any atom is 0.320 e. The smallest absolute Gasteiger partial charge is 0.320 e. The number of hydrogen-bond donors (Lipinski definition) is 0.